The molecule has 1 aliphatic rings. The summed E-state index contributed by atoms with van der Waals surface area (Å²) in [7, 11) is 1.81. The van der Waals surface area contributed by atoms with Gasteiger partial charge in [-0.2, -0.15) is 0 Å². The van der Waals surface area contributed by atoms with Crippen molar-refractivity contribution < 1.29 is 14.3 Å². The van der Waals surface area contributed by atoms with Crippen LogP contribution in [-0.4, -0.2) is 36.9 Å². The molecule has 0 atom stereocenters. The standard InChI is InChI=1S/C30H28N2O3/c1-31(24-14-16-26(17-15-24)35-25-10-3-2-4-11-25)29(33)23-18-20-32(21-19-23)30(34)28-13-7-9-22-8-5-6-12-27(22)28/h2-17,23H,18-21H2,1H3. The molecule has 1 heterocycles. The summed E-state index contributed by atoms with van der Waals surface area (Å²) in [6.45, 7) is 1.16. The first kappa shape index (κ1) is 22.7. The number of hydrogen-bond donors (Lipinski definition) is 0. The van der Waals surface area contributed by atoms with Crippen LogP contribution in [-0.2, 0) is 4.79 Å². The number of likely N-dealkylation sites (tertiary alicyclic amines) is 1. The van der Waals surface area contributed by atoms with Gasteiger partial charge < -0.3 is 14.5 Å². The van der Waals surface area contributed by atoms with Crippen LogP contribution in [0.15, 0.2) is 97.1 Å². The minimum atomic E-state index is -0.100. The molecule has 1 fully saturated rings. The summed E-state index contributed by atoms with van der Waals surface area (Å²) in [4.78, 5) is 30.0. The van der Waals surface area contributed by atoms with Crippen LogP contribution in [0.3, 0.4) is 0 Å². The van der Waals surface area contributed by atoms with Crippen LogP contribution < -0.4 is 9.64 Å². The molecule has 0 spiro atoms. The van der Waals surface area contributed by atoms with Crippen LogP contribution in [0.4, 0.5) is 5.69 Å². The number of carbonyl (C=O) groups is 2. The number of carbonyl (C=O) groups excluding carboxylic acids is 2. The molecule has 0 bridgehead atoms. The van der Waals surface area contributed by atoms with Gasteiger partial charge in [0, 0.05) is 37.3 Å². The highest BCUT2D eigenvalue weighted by Crippen LogP contribution is 2.28. The van der Waals surface area contributed by atoms with Gasteiger partial charge in [0.05, 0.1) is 0 Å². The maximum atomic E-state index is 13.2. The van der Waals surface area contributed by atoms with Crippen LogP contribution in [0.2, 0.25) is 0 Å². The molecule has 4 aromatic carbocycles. The lowest BCUT2D eigenvalue weighted by atomic mass is 9.94. The Morgan fingerprint density at radius 2 is 1.40 bits per heavy atom. The van der Waals surface area contributed by atoms with Crippen molar-refractivity contribution in [1.29, 1.82) is 0 Å². The van der Waals surface area contributed by atoms with E-state index in [1.807, 2.05) is 109 Å². The van der Waals surface area contributed by atoms with Crippen molar-refractivity contribution in [1.82, 2.24) is 4.90 Å². The molecule has 1 aliphatic heterocycles. The molecule has 5 nitrogen and oxygen atoms in total. The molecule has 4 aromatic rings. The molecule has 0 saturated carbocycles. The number of fused-ring (bicyclic) bond motifs is 1. The lowest BCUT2D eigenvalue weighted by Gasteiger charge is -2.33. The lowest BCUT2D eigenvalue weighted by molar-refractivity contribution is -0.123. The van der Waals surface area contributed by atoms with Crippen LogP contribution >= 0.6 is 0 Å². The molecule has 0 unspecified atom stereocenters. The average Bonchev–Trinajstić information content (AvgIpc) is 2.92. The van der Waals surface area contributed by atoms with Gasteiger partial charge in [-0.05, 0) is 66.1 Å². The molecular formula is C30H28N2O3. The first-order chi connectivity index (χ1) is 17.1. The van der Waals surface area contributed by atoms with E-state index in [1.165, 1.54) is 0 Å². The Hall–Kier alpha value is -4.12. The van der Waals surface area contributed by atoms with Gasteiger partial charge in [0.15, 0.2) is 0 Å². The zero-order chi connectivity index (χ0) is 24.2. The number of nitrogens with zero attached hydrogens (tertiary/aromatic N) is 2. The van der Waals surface area contributed by atoms with Crippen LogP contribution in [0.25, 0.3) is 10.8 Å². The smallest absolute Gasteiger partial charge is 0.254 e. The van der Waals surface area contributed by atoms with E-state index in [0.29, 0.717) is 25.9 Å². The highest BCUT2D eigenvalue weighted by Gasteiger charge is 2.30. The van der Waals surface area contributed by atoms with Gasteiger partial charge in [-0.15, -0.1) is 0 Å². The zero-order valence-electron chi connectivity index (χ0n) is 19.8. The summed E-state index contributed by atoms with van der Waals surface area (Å²) >= 11 is 0. The van der Waals surface area contributed by atoms with E-state index in [4.69, 9.17) is 4.74 Å². The van der Waals surface area contributed by atoms with Crippen LogP contribution in [0.5, 0.6) is 11.5 Å². The summed E-state index contributed by atoms with van der Waals surface area (Å²) in [5, 5.41) is 2.03. The van der Waals surface area contributed by atoms with Gasteiger partial charge in [-0.3, -0.25) is 9.59 Å². The largest absolute Gasteiger partial charge is 0.457 e. The van der Waals surface area contributed by atoms with Crippen LogP contribution in [0.1, 0.15) is 23.2 Å². The maximum absolute atomic E-state index is 13.2. The van der Waals surface area contributed by atoms with E-state index in [1.54, 1.807) is 4.90 Å². The summed E-state index contributed by atoms with van der Waals surface area (Å²) in [5.41, 5.74) is 1.55. The van der Waals surface area contributed by atoms with Crippen molar-refractivity contribution in [3.05, 3.63) is 103 Å². The molecule has 5 rings (SSSR count). The van der Waals surface area contributed by atoms with Crippen molar-refractivity contribution in [2.75, 3.05) is 25.0 Å². The van der Waals surface area contributed by atoms with Crippen molar-refractivity contribution in [2.24, 2.45) is 5.92 Å². The highest BCUT2D eigenvalue weighted by molar-refractivity contribution is 6.07. The SMILES string of the molecule is CN(C(=O)C1CCN(C(=O)c2cccc3ccccc23)CC1)c1ccc(Oc2ccccc2)cc1. The molecule has 176 valence electrons. The third kappa shape index (κ3) is 4.90. The monoisotopic (exact) mass is 464 g/mol. The van der Waals surface area contributed by atoms with E-state index in [-0.39, 0.29) is 17.7 Å². The Morgan fingerprint density at radius 1 is 0.771 bits per heavy atom. The minimum absolute atomic E-state index is 0.0371. The van der Waals surface area contributed by atoms with E-state index >= 15 is 0 Å². The maximum Gasteiger partial charge on any atom is 0.254 e. The Balaban J connectivity index is 1.20. The fraction of sp³-hybridized carbons (Fsp3) is 0.200. The van der Waals surface area contributed by atoms with Crippen molar-refractivity contribution in [2.45, 2.75) is 12.8 Å². The molecule has 1 saturated heterocycles. The predicted octanol–water partition coefficient (Wildman–Crippen LogP) is 6.15. The molecule has 2 amide bonds. The molecule has 0 aliphatic carbocycles. The summed E-state index contributed by atoms with van der Waals surface area (Å²) in [5.74, 6) is 1.52. The van der Waals surface area contributed by atoms with Gasteiger partial charge in [0.2, 0.25) is 5.91 Å². The minimum Gasteiger partial charge on any atom is -0.457 e. The third-order valence-corrected chi connectivity index (χ3v) is 6.68. The van der Waals surface area contributed by atoms with Crippen LogP contribution in [0, 0.1) is 5.92 Å². The second-order valence-corrected chi connectivity index (χ2v) is 8.90. The number of hydrogen-bond acceptors (Lipinski definition) is 3. The van der Waals surface area contributed by atoms with Gasteiger partial charge in [0.25, 0.3) is 5.91 Å². The number of piperidine rings is 1. The number of amides is 2. The molecule has 0 radical (unpaired) electrons. The predicted molar refractivity (Wildman–Crippen MR) is 139 cm³/mol. The molecule has 35 heavy (non-hydrogen) atoms. The van der Waals surface area contributed by atoms with Crippen molar-refractivity contribution in [3.8, 4) is 11.5 Å². The first-order valence-corrected chi connectivity index (χ1v) is 12.0. The fourth-order valence-electron chi connectivity index (χ4n) is 4.68. The van der Waals surface area contributed by atoms with Gasteiger partial charge in [-0.25, -0.2) is 0 Å². The Morgan fingerprint density at radius 3 is 2.14 bits per heavy atom. The summed E-state index contributed by atoms with van der Waals surface area (Å²) < 4.78 is 5.85. The second kappa shape index (κ2) is 10.0. The normalized spacial score (nSPS) is 14.0. The van der Waals surface area contributed by atoms with Crippen molar-refractivity contribution in [3.63, 3.8) is 0 Å². The summed E-state index contributed by atoms with van der Waals surface area (Å²) in [6, 6.07) is 30.9. The highest BCUT2D eigenvalue weighted by atomic mass is 16.5. The fourth-order valence-corrected chi connectivity index (χ4v) is 4.68. The van der Waals surface area contributed by atoms with E-state index in [2.05, 4.69) is 0 Å². The van der Waals surface area contributed by atoms with E-state index < -0.39 is 0 Å². The number of rotatable bonds is 5. The van der Waals surface area contributed by atoms with Gasteiger partial charge >= 0.3 is 0 Å². The lowest BCUT2D eigenvalue weighted by Crippen LogP contribution is -2.43. The number of anilines is 1. The Kier molecular flexibility index (Phi) is 6.49. The van der Waals surface area contributed by atoms with E-state index in [0.717, 1.165) is 33.5 Å². The number of para-hydroxylation sites is 1. The molecular weight excluding hydrogens is 436 g/mol. The topological polar surface area (TPSA) is 49.9 Å². The first-order valence-electron chi connectivity index (χ1n) is 12.0. The number of ether oxygens (including phenoxy) is 1. The van der Waals surface area contributed by atoms with Gasteiger partial charge in [-0.1, -0.05) is 54.6 Å². The number of benzene rings is 4. The summed E-state index contributed by atoms with van der Waals surface area (Å²) in [6.07, 6.45) is 1.32. The Labute approximate surface area is 205 Å². The molecule has 0 aromatic heterocycles. The molecule has 0 N–H and O–H groups in total. The zero-order valence-corrected chi connectivity index (χ0v) is 19.8. The van der Waals surface area contributed by atoms with Crippen molar-refractivity contribution >= 4 is 28.3 Å². The molecule has 5 heteroatoms. The Bertz CT molecular complexity index is 1320. The quantitative estimate of drug-likeness (QED) is 0.356. The van der Waals surface area contributed by atoms with E-state index in [9.17, 15) is 9.59 Å². The third-order valence-electron chi connectivity index (χ3n) is 6.68. The average molecular weight is 465 g/mol. The van der Waals surface area contributed by atoms with Gasteiger partial charge in [0.1, 0.15) is 11.5 Å². The second-order valence-electron chi connectivity index (χ2n) is 8.90.